The molecular weight excluding hydrogens is 393 g/mol. The number of hydrogen-bond donors (Lipinski definition) is 2. The second kappa shape index (κ2) is 9.47. The van der Waals surface area contributed by atoms with Gasteiger partial charge in [-0.2, -0.15) is 18.2 Å². The van der Waals surface area contributed by atoms with Gasteiger partial charge in [0.15, 0.2) is 0 Å². The summed E-state index contributed by atoms with van der Waals surface area (Å²) in [6.07, 6.45) is -0.638. The Balaban J connectivity index is 1.87. The molecule has 2 N–H and O–H groups in total. The van der Waals surface area contributed by atoms with Crippen molar-refractivity contribution in [3.63, 3.8) is 0 Å². The van der Waals surface area contributed by atoms with E-state index in [9.17, 15) is 13.2 Å². The van der Waals surface area contributed by atoms with Crippen LogP contribution in [0.2, 0.25) is 0 Å². The molecule has 0 bridgehead atoms. The Morgan fingerprint density at radius 2 is 1.73 bits per heavy atom. The number of alkyl halides is 3. The minimum Gasteiger partial charge on any atom is -0.495 e. The van der Waals surface area contributed by atoms with E-state index in [1.165, 1.54) is 12.7 Å². The van der Waals surface area contributed by atoms with Crippen molar-refractivity contribution in [1.82, 2.24) is 9.97 Å². The largest absolute Gasteiger partial charge is 0.495 e. The number of ether oxygens (including phenoxy) is 1. The maximum absolute atomic E-state index is 13.5. The molecule has 0 saturated carbocycles. The molecule has 0 aliphatic carbocycles. The summed E-state index contributed by atoms with van der Waals surface area (Å²) >= 11 is 0. The first kappa shape index (κ1) is 21.4. The number of nitrogens with zero attached hydrogens (tertiary/aromatic N) is 2. The molecule has 3 rings (SSSR count). The molecule has 5 nitrogen and oxygen atoms in total. The normalized spacial score (nSPS) is 11.2. The summed E-state index contributed by atoms with van der Waals surface area (Å²) in [7, 11) is 1.45. The van der Waals surface area contributed by atoms with Gasteiger partial charge in [0.25, 0.3) is 0 Å². The first-order chi connectivity index (χ1) is 14.4. The van der Waals surface area contributed by atoms with Crippen molar-refractivity contribution in [2.24, 2.45) is 0 Å². The first-order valence-electron chi connectivity index (χ1n) is 9.61. The molecule has 0 amide bonds. The Labute approximate surface area is 173 Å². The summed E-state index contributed by atoms with van der Waals surface area (Å²) in [4.78, 5) is 7.91. The average molecular weight is 416 g/mol. The molecule has 0 aliphatic heterocycles. The lowest BCUT2D eigenvalue weighted by Gasteiger charge is -2.16. The average Bonchev–Trinajstić information content (AvgIpc) is 2.73. The third-order valence-corrected chi connectivity index (χ3v) is 4.48. The SMILES string of the molecule is CCCCc1ccc(Nc2ncc(C(F)(F)F)c(Nc3ccccc3OC)n2)cc1. The zero-order valence-corrected chi connectivity index (χ0v) is 16.8. The summed E-state index contributed by atoms with van der Waals surface area (Å²) in [6, 6.07) is 14.4. The molecule has 30 heavy (non-hydrogen) atoms. The maximum Gasteiger partial charge on any atom is 0.421 e. The number of para-hydroxylation sites is 2. The van der Waals surface area contributed by atoms with Crippen molar-refractivity contribution in [1.29, 1.82) is 0 Å². The zero-order valence-electron chi connectivity index (χ0n) is 16.8. The van der Waals surface area contributed by atoms with Gasteiger partial charge in [-0.25, -0.2) is 4.98 Å². The number of nitrogens with one attached hydrogen (secondary N) is 2. The van der Waals surface area contributed by atoms with E-state index in [2.05, 4.69) is 27.5 Å². The van der Waals surface area contributed by atoms with Crippen LogP contribution in [0, 0.1) is 0 Å². The fraction of sp³-hybridized carbons (Fsp3) is 0.273. The van der Waals surface area contributed by atoms with E-state index in [1.807, 2.05) is 24.3 Å². The zero-order chi connectivity index (χ0) is 21.6. The summed E-state index contributed by atoms with van der Waals surface area (Å²) < 4.78 is 45.6. The fourth-order valence-corrected chi connectivity index (χ4v) is 2.89. The van der Waals surface area contributed by atoms with Crippen LogP contribution in [0.25, 0.3) is 0 Å². The number of unbranched alkanes of at least 4 members (excludes halogenated alkanes) is 1. The van der Waals surface area contributed by atoms with Crippen molar-refractivity contribution < 1.29 is 17.9 Å². The van der Waals surface area contributed by atoms with Crippen LogP contribution in [0.15, 0.2) is 54.7 Å². The van der Waals surface area contributed by atoms with E-state index in [-0.39, 0.29) is 11.8 Å². The van der Waals surface area contributed by atoms with E-state index in [4.69, 9.17) is 4.74 Å². The van der Waals surface area contributed by atoms with E-state index < -0.39 is 11.7 Å². The van der Waals surface area contributed by atoms with Crippen LogP contribution in [-0.2, 0) is 12.6 Å². The molecule has 0 atom stereocenters. The van der Waals surface area contributed by atoms with Gasteiger partial charge in [0.05, 0.1) is 12.8 Å². The van der Waals surface area contributed by atoms with Crippen LogP contribution >= 0.6 is 0 Å². The highest BCUT2D eigenvalue weighted by atomic mass is 19.4. The van der Waals surface area contributed by atoms with Crippen molar-refractivity contribution in [2.45, 2.75) is 32.4 Å². The predicted molar refractivity (Wildman–Crippen MR) is 112 cm³/mol. The molecule has 0 radical (unpaired) electrons. The standard InChI is InChI=1S/C22H23F3N4O/c1-3-4-7-15-10-12-16(13-11-15)27-21-26-14-17(22(23,24)25)20(29-21)28-18-8-5-6-9-19(18)30-2/h5-6,8-14H,3-4,7H2,1-2H3,(H2,26,27,28,29). The second-order valence-corrected chi connectivity index (χ2v) is 6.70. The number of rotatable bonds is 8. The second-order valence-electron chi connectivity index (χ2n) is 6.70. The maximum atomic E-state index is 13.5. The molecule has 1 heterocycles. The fourth-order valence-electron chi connectivity index (χ4n) is 2.89. The van der Waals surface area contributed by atoms with Crippen molar-refractivity contribution in [3.8, 4) is 5.75 Å². The Kier molecular flexibility index (Phi) is 6.76. The molecule has 1 aromatic heterocycles. The Morgan fingerprint density at radius 1 is 1.00 bits per heavy atom. The van der Waals surface area contributed by atoms with Crippen LogP contribution in [0.4, 0.5) is 36.3 Å². The Morgan fingerprint density at radius 3 is 2.40 bits per heavy atom. The molecule has 0 saturated heterocycles. The minimum atomic E-state index is -4.61. The van der Waals surface area contributed by atoms with Crippen LogP contribution in [-0.4, -0.2) is 17.1 Å². The molecule has 8 heteroatoms. The van der Waals surface area contributed by atoms with E-state index in [0.717, 1.165) is 25.5 Å². The van der Waals surface area contributed by atoms with Crippen molar-refractivity contribution in [2.75, 3.05) is 17.7 Å². The highest BCUT2D eigenvalue weighted by Crippen LogP contribution is 2.37. The van der Waals surface area contributed by atoms with Gasteiger partial charge in [-0.05, 0) is 42.7 Å². The smallest absolute Gasteiger partial charge is 0.421 e. The number of hydrogen-bond acceptors (Lipinski definition) is 5. The van der Waals surface area contributed by atoms with Gasteiger partial charge in [-0.15, -0.1) is 0 Å². The number of aryl methyl sites for hydroxylation is 1. The van der Waals surface area contributed by atoms with Gasteiger partial charge in [0.2, 0.25) is 5.95 Å². The van der Waals surface area contributed by atoms with Crippen LogP contribution in [0.3, 0.4) is 0 Å². The number of halogens is 3. The molecule has 0 fully saturated rings. The summed E-state index contributed by atoms with van der Waals surface area (Å²) in [5.41, 5.74) is 1.30. The Hall–Kier alpha value is -3.29. The van der Waals surface area contributed by atoms with E-state index >= 15 is 0 Å². The van der Waals surface area contributed by atoms with Crippen LogP contribution < -0.4 is 15.4 Å². The summed E-state index contributed by atoms with van der Waals surface area (Å²) in [5.74, 6) is 0.104. The lowest BCUT2D eigenvalue weighted by atomic mass is 10.1. The third-order valence-electron chi connectivity index (χ3n) is 4.48. The molecule has 158 valence electrons. The summed E-state index contributed by atoms with van der Waals surface area (Å²) in [6.45, 7) is 2.13. The predicted octanol–water partition coefficient (Wildman–Crippen LogP) is 6.33. The van der Waals surface area contributed by atoms with Gasteiger partial charge < -0.3 is 15.4 Å². The number of anilines is 4. The first-order valence-corrected chi connectivity index (χ1v) is 9.61. The van der Waals surface area contributed by atoms with E-state index in [0.29, 0.717) is 17.1 Å². The molecular formula is C22H23F3N4O. The van der Waals surface area contributed by atoms with Crippen molar-refractivity contribution >= 4 is 23.1 Å². The summed E-state index contributed by atoms with van der Waals surface area (Å²) in [5, 5.41) is 5.68. The quantitative estimate of drug-likeness (QED) is 0.449. The lowest BCUT2D eigenvalue weighted by Crippen LogP contribution is -2.13. The third kappa shape index (κ3) is 5.40. The molecule has 0 unspecified atom stereocenters. The number of methoxy groups -OCH3 is 1. The van der Waals surface area contributed by atoms with Crippen LogP contribution in [0.5, 0.6) is 5.75 Å². The van der Waals surface area contributed by atoms with Gasteiger partial charge in [-0.3, -0.25) is 0 Å². The van der Waals surface area contributed by atoms with Crippen molar-refractivity contribution in [3.05, 3.63) is 65.9 Å². The van der Waals surface area contributed by atoms with Gasteiger partial charge in [0, 0.05) is 11.9 Å². The number of benzene rings is 2. The lowest BCUT2D eigenvalue weighted by molar-refractivity contribution is -0.137. The molecule has 0 aliphatic rings. The van der Waals surface area contributed by atoms with Gasteiger partial charge in [0.1, 0.15) is 17.1 Å². The van der Waals surface area contributed by atoms with Gasteiger partial charge >= 0.3 is 6.18 Å². The highest BCUT2D eigenvalue weighted by Gasteiger charge is 2.35. The van der Waals surface area contributed by atoms with E-state index in [1.54, 1.807) is 24.3 Å². The number of aromatic nitrogens is 2. The molecule has 3 aromatic rings. The van der Waals surface area contributed by atoms with Gasteiger partial charge in [-0.1, -0.05) is 37.6 Å². The monoisotopic (exact) mass is 416 g/mol. The Bertz CT molecular complexity index is 975. The minimum absolute atomic E-state index is 0.0571. The molecule has 2 aromatic carbocycles. The van der Waals surface area contributed by atoms with Crippen LogP contribution in [0.1, 0.15) is 30.9 Å². The topological polar surface area (TPSA) is 59.1 Å². The highest BCUT2D eigenvalue weighted by molar-refractivity contribution is 5.67. The molecule has 0 spiro atoms.